The lowest BCUT2D eigenvalue weighted by Gasteiger charge is -2.15. The summed E-state index contributed by atoms with van der Waals surface area (Å²) in [6, 6.07) is -1.26. The average Bonchev–Trinajstić information content (AvgIpc) is 2.95. The minimum Gasteiger partial charge on any atom is -0.480 e. The van der Waals surface area contributed by atoms with Crippen molar-refractivity contribution in [2.24, 2.45) is 0 Å². The summed E-state index contributed by atoms with van der Waals surface area (Å²) < 4.78 is 0.198. The van der Waals surface area contributed by atoms with Gasteiger partial charge in [-0.3, -0.25) is 4.79 Å². The summed E-state index contributed by atoms with van der Waals surface area (Å²) in [4.78, 5) is 21.7. The highest BCUT2D eigenvalue weighted by molar-refractivity contribution is 8.00. The van der Waals surface area contributed by atoms with Gasteiger partial charge in [0.2, 0.25) is 0 Å². The van der Waals surface area contributed by atoms with Gasteiger partial charge in [-0.15, -0.1) is 0 Å². The fraction of sp³-hybridized carbons (Fsp3) is 0.778. The highest BCUT2D eigenvalue weighted by Crippen LogP contribution is 2.46. The predicted molar refractivity (Wildman–Crippen MR) is 59.1 cm³/mol. The Bertz CT molecular complexity index is 266. The maximum atomic E-state index is 11.3. The van der Waals surface area contributed by atoms with Gasteiger partial charge in [-0.2, -0.15) is 11.8 Å². The number of urea groups is 1. The number of carbonyl (C=O) groups excluding carboxylic acids is 1. The molecule has 0 saturated heterocycles. The van der Waals surface area contributed by atoms with E-state index in [2.05, 4.69) is 10.6 Å². The van der Waals surface area contributed by atoms with Crippen LogP contribution in [0.2, 0.25) is 0 Å². The van der Waals surface area contributed by atoms with Gasteiger partial charge in [0.05, 0.1) is 0 Å². The molecule has 0 heterocycles. The molecule has 6 heteroatoms. The van der Waals surface area contributed by atoms with E-state index < -0.39 is 18.0 Å². The smallest absolute Gasteiger partial charge is 0.325 e. The lowest BCUT2D eigenvalue weighted by molar-refractivity contribution is -0.138. The second kappa shape index (κ2) is 4.74. The summed E-state index contributed by atoms with van der Waals surface area (Å²) in [5.74, 6) is -1.03. The second-order valence-electron chi connectivity index (χ2n) is 3.77. The van der Waals surface area contributed by atoms with Gasteiger partial charge in [0.15, 0.2) is 0 Å². The first kappa shape index (κ1) is 12.2. The van der Waals surface area contributed by atoms with E-state index in [1.165, 1.54) is 6.92 Å². The van der Waals surface area contributed by atoms with Gasteiger partial charge < -0.3 is 15.7 Å². The number of thioether (sulfide) groups is 1. The summed E-state index contributed by atoms with van der Waals surface area (Å²) in [6.45, 7) is 2.04. The second-order valence-corrected chi connectivity index (χ2v) is 5.05. The van der Waals surface area contributed by atoms with Gasteiger partial charge >= 0.3 is 12.0 Å². The zero-order chi connectivity index (χ0) is 11.5. The quantitative estimate of drug-likeness (QED) is 0.650. The monoisotopic (exact) mass is 232 g/mol. The number of nitrogens with one attached hydrogen (secondary N) is 2. The van der Waals surface area contributed by atoms with E-state index >= 15 is 0 Å². The van der Waals surface area contributed by atoms with Crippen molar-refractivity contribution >= 4 is 23.8 Å². The number of aliphatic carboxylic acids is 1. The minimum atomic E-state index is -1.03. The zero-order valence-corrected chi connectivity index (χ0v) is 9.69. The zero-order valence-electron chi connectivity index (χ0n) is 8.87. The van der Waals surface area contributed by atoms with Gasteiger partial charge in [-0.05, 0) is 26.0 Å². The van der Waals surface area contributed by atoms with Crippen molar-refractivity contribution in [1.82, 2.24) is 10.6 Å². The molecule has 1 unspecified atom stereocenters. The molecule has 0 aromatic heterocycles. The normalized spacial score (nSPS) is 19.1. The number of amides is 2. The van der Waals surface area contributed by atoms with E-state index in [1.54, 1.807) is 11.8 Å². The molecule has 0 radical (unpaired) electrons. The Morgan fingerprint density at radius 2 is 2.13 bits per heavy atom. The van der Waals surface area contributed by atoms with Crippen molar-refractivity contribution in [3.8, 4) is 0 Å². The average molecular weight is 232 g/mol. The molecule has 0 aliphatic heterocycles. The number of carboxylic acid groups (broad SMARTS) is 1. The number of hydrogen-bond acceptors (Lipinski definition) is 3. The summed E-state index contributed by atoms with van der Waals surface area (Å²) in [7, 11) is 0. The molecule has 3 N–H and O–H groups in total. The van der Waals surface area contributed by atoms with Crippen LogP contribution >= 0.6 is 11.8 Å². The summed E-state index contributed by atoms with van der Waals surface area (Å²) in [5.41, 5.74) is 0. The van der Waals surface area contributed by atoms with Crippen LogP contribution < -0.4 is 10.6 Å². The van der Waals surface area contributed by atoms with Crippen molar-refractivity contribution in [2.75, 3.05) is 12.8 Å². The fourth-order valence-electron chi connectivity index (χ4n) is 1.14. The van der Waals surface area contributed by atoms with E-state index in [0.717, 1.165) is 12.8 Å². The molecular formula is C9H16N2O3S. The first-order valence-electron chi connectivity index (χ1n) is 4.81. The molecular weight excluding hydrogens is 216 g/mol. The number of rotatable bonds is 5. The Kier molecular flexibility index (Phi) is 3.84. The number of carboxylic acids is 1. The minimum absolute atomic E-state index is 0.198. The van der Waals surface area contributed by atoms with Crippen molar-refractivity contribution in [2.45, 2.75) is 30.6 Å². The van der Waals surface area contributed by atoms with Gasteiger partial charge in [0.1, 0.15) is 6.04 Å². The van der Waals surface area contributed by atoms with Crippen LogP contribution in [0.1, 0.15) is 19.8 Å². The van der Waals surface area contributed by atoms with Crippen molar-refractivity contribution in [1.29, 1.82) is 0 Å². The standard InChI is InChI=1S/C9H16N2O3S/c1-6(7(12)13)11-8(14)10-5-9(15-2)3-4-9/h6H,3-5H2,1-2H3,(H,12,13)(H2,10,11,14). The van der Waals surface area contributed by atoms with Crippen LogP contribution in [0.4, 0.5) is 4.79 Å². The molecule has 1 atom stereocenters. The molecule has 86 valence electrons. The molecule has 0 spiro atoms. The summed E-state index contributed by atoms with van der Waals surface area (Å²) in [5, 5.41) is 13.6. The van der Waals surface area contributed by atoms with E-state index in [-0.39, 0.29) is 4.75 Å². The van der Waals surface area contributed by atoms with Crippen LogP contribution in [-0.4, -0.2) is 40.7 Å². The van der Waals surface area contributed by atoms with Gasteiger partial charge in [0, 0.05) is 11.3 Å². The molecule has 0 aromatic rings. The number of hydrogen-bond donors (Lipinski definition) is 3. The Labute approximate surface area is 93.0 Å². The summed E-state index contributed by atoms with van der Waals surface area (Å²) in [6.07, 6.45) is 4.25. The first-order chi connectivity index (χ1) is 6.99. The van der Waals surface area contributed by atoms with Gasteiger partial charge in [0.25, 0.3) is 0 Å². The Morgan fingerprint density at radius 1 is 1.53 bits per heavy atom. The largest absolute Gasteiger partial charge is 0.480 e. The van der Waals surface area contributed by atoms with E-state index in [9.17, 15) is 9.59 Å². The van der Waals surface area contributed by atoms with Crippen molar-refractivity contribution in [3.05, 3.63) is 0 Å². The van der Waals surface area contributed by atoms with Crippen LogP contribution in [0.25, 0.3) is 0 Å². The van der Waals surface area contributed by atoms with Crippen LogP contribution in [0, 0.1) is 0 Å². The molecule has 1 fully saturated rings. The summed E-state index contributed by atoms with van der Waals surface area (Å²) >= 11 is 1.75. The number of carbonyl (C=O) groups is 2. The molecule has 15 heavy (non-hydrogen) atoms. The van der Waals surface area contributed by atoms with Crippen LogP contribution in [0.15, 0.2) is 0 Å². The molecule has 0 bridgehead atoms. The van der Waals surface area contributed by atoms with Gasteiger partial charge in [-0.25, -0.2) is 4.79 Å². The molecule has 0 aromatic carbocycles. The molecule has 2 amide bonds. The van der Waals surface area contributed by atoms with Crippen LogP contribution in [0.3, 0.4) is 0 Å². The lowest BCUT2D eigenvalue weighted by atomic mass is 10.3. The Hall–Kier alpha value is -0.910. The fourth-order valence-corrected chi connectivity index (χ4v) is 1.87. The highest BCUT2D eigenvalue weighted by atomic mass is 32.2. The van der Waals surface area contributed by atoms with Gasteiger partial charge in [-0.1, -0.05) is 0 Å². The van der Waals surface area contributed by atoms with Crippen LogP contribution in [0.5, 0.6) is 0 Å². The topological polar surface area (TPSA) is 78.4 Å². The maximum absolute atomic E-state index is 11.3. The Morgan fingerprint density at radius 3 is 2.53 bits per heavy atom. The highest BCUT2D eigenvalue weighted by Gasteiger charge is 2.41. The van der Waals surface area contributed by atoms with E-state index in [4.69, 9.17) is 5.11 Å². The molecule has 1 rings (SSSR count). The molecule has 1 saturated carbocycles. The Balaban J connectivity index is 2.22. The van der Waals surface area contributed by atoms with E-state index in [0.29, 0.717) is 6.54 Å². The predicted octanol–water partition coefficient (Wildman–Crippen LogP) is 0.654. The molecule has 1 aliphatic rings. The first-order valence-corrected chi connectivity index (χ1v) is 6.04. The SMILES string of the molecule is CSC1(CNC(=O)NC(C)C(=O)O)CC1. The maximum Gasteiger partial charge on any atom is 0.325 e. The third kappa shape index (κ3) is 3.62. The van der Waals surface area contributed by atoms with Crippen LogP contribution in [-0.2, 0) is 4.79 Å². The van der Waals surface area contributed by atoms with Crippen molar-refractivity contribution < 1.29 is 14.7 Å². The third-order valence-electron chi connectivity index (χ3n) is 2.53. The van der Waals surface area contributed by atoms with E-state index in [1.807, 2.05) is 6.26 Å². The lowest BCUT2D eigenvalue weighted by Crippen LogP contribution is -2.46. The molecule has 5 nitrogen and oxygen atoms in total. The third-order valence-corrected chi connectivity index (χ3v) is 3.95. The van der Waals surface area contributed by atoms with Crippen molar-refractivity contribution in [3.63, 3.8) is 0 Å². The molecule has 1 aliphatic carbocycles.